The third kappa shape index (κ3) is 5.68. The van der Waals surface area contributed by atoms with Crippen LogP contribution in [0, 0.1) is 20.9 Å². The second-order valence-electron chi connectivity index (χ2n) is 10.9. The van der Waals surface area contributed by atoms with Crippen molar-refractivity contribution in [3.05, 3.63) is 58.1 Å². The van der Waals surface area contributed by atoms with E-state index in [0.717, 1.165) is 49.6 Å². The Bertz CT molecular complexity index is 1360. The summed E-state index contributed by atoms with van der Waals surface area (Å²) >= 11 is 0. The SMILES string of the molecule is CC1(C)CC2CC(C)(CN2C(=O)COC(=O)c2cc(S(=O)(=O)Nc3ccc([N+](=O)[O-])cc3)ccc2O)C1. The molecule has 1 amide bonds. The van der Waals surface area contributed by atoms with Gasteiger partial charge in [0.25, 0.3) is 21.6 Å². The molecule has 37 heavy (non-hydrogen) atoms. The number of aromatic hydroxyl groups is 1. The van der Waals surface area contributed by atoms with Crippen LogP contribution in [0.15, 0.2) is 47.4 Å². The minimum absolute atomic E-state index is 0.0176. The minimum Gasteiger partial charge on any atom is -0.507 e. The van der Waals surface area contributed by atoms with Crippen LogP contribution in [0.1, 0.15) is 50.4 Å². The molecule has 11 nitrogen and oxygen atoms in total. The van der Waals surface area contributed by atoms with Gasteiger partial charge in [-0.15, -0.1) is 0 Å². The molecule has 2 N–H and O–H groups in total. The number of likely N-dealkylation sites (tertiary alicyclic amines) is 1. The van der Waals surface area contributed by atoms with Gasteiger partial charge in [0.2, 0.25) is 0 Å². The fourth-order valence-corrected chi connectivity index (χ4v) is 6.83. The highest BCUT2D eigenvalue weighted by Crippen LogP contribution is 2.52. The van der Waals surface area contributed by atoms with Crippen LogP contribution < -0.4 is 4.72 Å². The molecule has 4 rings (SSSR count). The maximum atomic E-state index is 12.9. The number of esters is 1. The number of hydrogen-bond donors (Lipinski definition) is 2. The summed E-state index contributed by atoms with van der Waals surface area (Å²) in [4.78, 5) is 37.2. The van der Waals surface area contributed by atoms with E-state index in [1.165, 1.54) is 12.1 Å². The zero-order chi connectivity index (χ0) is 27.2. The Kier molecular flexibility index (Phi) is 6.65. The fourth-order valence-electron chi connectivity index (χ4n) is 5.75. The number of anilines is 1. The monoisotopic (exact) mass is 531 g/mol. The highest BCUT2D eigenvalue weighted by molar-refractivity contribution is 7.92. The van der Waals surface area contributed by atoms with Crippen molar-refractivity contribution in [1.29, 1.82) is 0 Å². The van der Waals surface area contributed by atoms with E-state index in [1.807, 2.05) is 0 Å². The van der Waals surface area contributed by atoms with Gasteiger partial charge >= 0.3 is 5.97 Å². The van der Waals surface area contributed by atoms with Crippen molar-refractivity contribution in [1.82, 2.24) is 4.90 Å². The molecule has 1 saturated heterocycles. The molecule has 1 aliphatic heterocycles. The second kappa shape index (κ2) is 9.33. The van der Waals surface area contributed by atoms with E-state index in [9.17, 15) is 33.2 Å². The Balaban J connectivity index is 1.44. The first-order valence-corrected chi connectivity index (χ1v) is 13.2. The van der Waals surface area contributed by atoms with Gasteiger partial charge in [-0.05, 0) is 60.4 Å². The Labute approximate surface area is 214 Å². The maximum Gasteiger partial charge on any atom is 0.342 e. The van der Waals surface area contributed by atoms with Crippen LogP contribution in [0.25, 0.3) is 0 Å². The topological polar surface area (TPSA) is 156 Å². The van der Waals surface area contributed by atoms with Crippen molar-refractivity contribution < 1.29 is 32.8 Å². The predicted octanol–water partition coefficient (Wildman–Crippen LogP) is 3.69. The lowest BCUT2D eigenvalue weighted by Crippen LogP contribution is -2.39. The molecule has 0 radical (unpaired) electrons. The lowest BCUT2D eigenvalue weighted by atomic mass is 9.65. The molecule has 0 spiro atoms. The van der Waals surface area contributed by atoms with Crippen LogP contribution in [0.4, 0.5) is 11.4 Å². The van der Waals surface area contributed by atoms with Crippen molar-refractivity contribution in [2.45, 2.75) is 51.0 Å². The maximum absolute atomic E-state index is 12.9. The van der Waals surface area contributed by atoms with Crippen LogP contribution in [-0.4, -0.2) is 54.4 Å². The van der Waals surface area contributed by atoms with Crippen molar-refractivity contribution in [2.24, 2.45) is 10.8 Å². The summed E-state index contributed by atoms with van der Waals surface area (Å²) in [5, 5.41) is 20.9. The first-order chi connectivity index (χ1) is 17.2. The van der Waals surface area contributed by atoms with Crippen LogP contribution in [0.2, 0.25) is 0 Å². The largest absolute Gasteiger partial charge is 0.507 e. The summed E-state index contributed by atoms with van der Waals surface area (Å²) in [6, 6.07) is 7.90. The number of phenols is 1. The molecular weight excluding hydrogens is 502 g/mol. The average Bonchev–Trinajstić information content (AvgIpc) is 3.06. The van der Waals surface area contributed by atoms with E-state index in [-0.39, 0.29) is 39.0 Å². The van der Waals surface area contributed by atoms with Gasteiger partial charge < -0.3 is 14.7 Å². The number of fused-ring (bicyclic) bond motifs is 2. The molecule has 0 aromatic heterocycles. The number of hydrogen-bond acceptors (Lipinski definition) is 8. The van der Waals surface area contributed by atoms with Gasteiger partial charge in [0.15, 0.2) is 6.61 Å². The Hall–Kier alpha value is -3.67. The molecular formula is C25H29N3O8S. The molecule has 2 fully saturated rings. The van der Waals surface area contributed by atoms with Crippen LogP contribution >= 0.6 is 0 Å². The van der Waals surface area contributed by atoms with Gasteiger partial charge in [-0.25, -0.2) is 13.2 Å². The Morgan fingerprint density at radius 2 is 1.84 bits per heavy atom. The molecule has 1 saturated carbocycles. The van der Waals surface area contributed by atoms with Crippen LogP contribution in [-0.2, 0) is 19.6 Å². The van der Waals surface area contributed by atoms with Crippen molar-refractivity contribution in [2.75, 3.05) is 17.9 Å². The number of carbonyl (C=O) groups excluding carboxylic acids is 2. The molecule has 2 bridgehead atoms. The van der Waals surface area contributed by atoms with E-state index >= 15 is 0 Å². The number of phenolic OH excluding ortho intramolecular Hbond substituents is 1. The third-order valence-corrected chi connectivity index (χ3v) is 8.27. The zero-order valence-corrected chi connectivity index (χ0v) is 21.6. The fraction of sp³-hybridized carbons (Fsp3) is 0.440. The molecule has 2 atom stereocenters. The molecule has 2 aromatic rings. The Morgan fingerprint density at radius 3 is 2.49 bits per heavy atom. The number of rotatable bonds is 7. The summed E-state index contributed by atoms with van der Waals surface area (Å²) in [7, 11) is -4.21. The Morgan fingerprint density at radius 1 is 1.16 bits per heavy atom. The standard InChI is InChI=1S/C25H29N3O8S/c1-24(2)11-18-12-25(3,14-24)15-27(18)22(30)13-36-23(31)20-10-19(8-9-21(20)29)37(34,35)26-16-4-6-17(7-5-16)28(32)33/h4-10,18,26,29H,11-15H2,1-3H3. The minimum atomic E-state index is -4.21. The van der Waals surface area contributed by atoms with E-state index < -0.39 is 38.8 Å². The van der Waals surface area contributed by atoms with E-state index in [2.05, 4.69) is 25.5 Å². The summed E-state index contributed by atoms with van der Waals surface area (Å²) in [5.41, 5.74) is -0.413. The lowest BCUT2D eigenvalue weighted by molar-refractivity contribution is -0.384. The zero-order valence-electron chi connectivity index (χ0n) is 20.8. The molecule has 1 heterocycles. The van der Waals surface area contributed by atoms with Crippen molar-refractivity contribution >= 4 is 33.3 Å². The van der Waals surface area contributed by atoms with E-state index in [0.29, 0.717) is 6.54 Å². The number of nitrogens with zero attached hydrogens (tertiary/aromatic N) is 2. The van der Waals surface area contributed by atoms with Crippen LogP contribution in [0.3, 0.4) is 0 Å². The number of carbonyl (C=O) groups is 2. The summed E-state index contributed by atoms with van der Waals surface area (Å²) < 4.78 is 33.0. The predicted molar refractivity (Wildman–Crippen MR) is 134 cm³/mol. The molecule has 1 aliphatic carbocycles. The number of benzene rings is 2. The number of nitro benzene ring substituents is 1. The first-order valence-electron chi connectivity index (χ1n) is 11.8. The number of nitro groups is 1. The molecule has 2 aliphatic rings. The third-order valence-electron chi connectivity index (χ3n) is 6.89. The number of amides is 1. The molecule has 12 heteroatoms. The van der Waals surface area contributed by atoms with Crippen molar-refractivity contribution in [3.8, 4) is 5.75 Å². The highest BCUT2D eigenvalue weighted by atomic mass is 32.2. The average molecular weight is 532 g/mol. The highest BCUT2D eigenvalue weighted by Gasteiger charge is 2.51. The summed E-state index contributed by atoms with van der Waals surface area (Å²) in [5.74, 6) is -1.87. The molecule has 198 valence electrons. The normalized spacial score (nSPS) is 22.4. The van der Waals surface area contributed by atoms with Gasteiger partial charge in [0, 0.05) is 30.4 Å². The quantitative estimate of drug-likeness (QED) is 0.311. The van der Waals surface area contributed by atoms with E-state index in [4.69, 9.17) is 4.74 Å². The number of ether oxygens (including phenoxy) is 1. The van der Waals surface area contributed by atoms with Crippen LogP contribution in [0.5, 0.6) is 5.75 Å². The van der Waals surface area contributed by atoms with Crippen molar-refractivity contribution in [3.63, 3.8) is 0 Å². The number of nitrogens with one attached hydrogen (secondary N) is 1. The lowest BCUT2D eigenvalue weighted by Gasteiger charge is -2.39. The number of sulfonamides is 1. The summed E-state index contributed by atoms with van der Waals surface area (Å²) in [6.45, 7) is 6.60. The van der Waals surface area contributed by atoms with Gasteiger partial charge in [-0.2, -0.15) is 0 Å². The number of non-ortho nitro benzene ring substituents is 1. The molecule has 2 unspecified atom stereocenters. The first kappa shape index (κ1) is 26.4. The van der Waals surface area contributed by atoms with Gasteiger partial charge in [0.1, 0.15) is 11.3 Å². The van der Waals surface area contributed by atoms with Gasteiger partial charge in [0.05, 0.1) is 9.82 Å². The van der Waals surface area contributed by atoms with E-state index in [1.54, 1.807) is 4.90 Å². The molecule has 2 aromatic carbocycles. The van der Waals surface area contributed by atoms with Gasteiger partial charge in [-0.3, -0.25) is 19.6 Å². The smallest absolute Gasteiger partial charge is 0.342 e. The second-order valence-corrected chi connectivity index (χ2v) is 12.6. The summed E-state index contributed by atoms with van der Waals surface area (Å²) in [6.07, 6.45) is 2.77. The van der Waals surface area contributed by atoms with Gasteiger partial charge in [-0.1, -0.05) is 20.8 Å².